The molecular weight excluding hydrogens is 393 g/mol. The average molecular weight is 426 g/mol. The highest BCUT2D eigenvalue weighted by molar-refractivity contribution is 7.89. The molecule has 8 heteroatoms. The van der Waals surface area contributed by atoms with Crippen LogP contribution in [0.5, 0.6) is 0 Å². The minimum absolute atomic E-state index is 0.0713. The Morgan fingerprint density at radius 1 is 1.00 bits per heavy atom. The summed E-state index contributed by atoms with van der Waals surface area (Å²) < 4.78 is 40.2. The fourth-order valence-corrected chi connectivity index (χ4v) is 5.80. The van der Waals surface area contributed by atoms with Crippen molar-refractivity contribution in [1.29, 1.82) is 0 Å². The highest BCUT2D eigenvalue weighted by atomic mass is 32.2. The molecule has 0 bridgehead atoms. The van der Waals surface area contributed by atoms with E-state index < -0.39 is 15.8 Å². The summed E-state index contributed by atoms with van der Waals surface area (Å²) in [4.78, 5) is 12.4. The lowest BCUT2D eigenvalue weighted by Gasteiger charge is -2.32. The van der Waals surface area contributed by atoms with Crippen LogP contribution >= 0.6 is 0 Å². The van der Waals surface area contributed by atoms with Crippen LogP contribution in [-0.4, -0.2) is 44.4 Å². The van der Waals surface area contributed by atoms with Crippen LogP contribution in [0.15, 0.2) is 29.2 Å². The Bertz CT molecular complexity index is 762. The van der Waals surface area contributed by atoms with E-state index in [9.17, 15) is 17.6 Å². The zero-order valence-corrected chi connectivity index (χ0v) is 17.7. The Morgan fingerprint density at radius 3 is 2.34 bits per heavy atom. The second kappa shape index (κ2) is 10.4. The molecule has 2 fully saturated rings. The second-order valence-corrected chi connectivity index (χ2v) is 10.2. The molecule has 0 aromatic heterocycles. The lowest BCUT2D eigenvalue weighted by molar-refractivity contribution is 0.224. The van der Waals surface area contributed by atoms with Gasteiger partial charge in [0.2, 0.25) is 10.0 Å². The molecule has 1 saturated heterocycles. The number of hydrogen-bond acceptors (Lipinski definition) is 3. The minimum atomic E-state index is -3.64. The predicted octanol–water partition coefficient (Wildman–Crippen LogP) is 3.64. The second-order valence-electron chi connectivity index (χ2n) is 8.22. The van der Waals surface area contributed by atoms with Crippen molar-refractivity contribution >= 4 is 16.1 Å². The van der Waals surface area contributed by atoms with Gasteiger partial charge in [-0.2, -0.15) is 4.31 Å². The van der Waals surface area contributed by atoms with Crippen molar-refractivity contribution in [2.75, 3.05) is 19.6 Å². The highest BCUT2D eigenvalue weighted by Gasteiger charge is 2.30. The number of rotatable bonds is 5. The van der Waals surface area contributed by atoms with Crippen molar-refractivity contribution in [2.45, 2.75) is 68.7 Å². The zero-order chi connectivity index (χ0) is 20.7. The van der Waals surface area contributed by atoms with Crippen LogP contribution in [0, 0.1) is 11.7 Å². The third kappa shape index (κ3) is 6.40. The molecule has 2 amide bonds. The van der Waals surface area contributed by atoms with E-state index in [4.69, 9.17) is 0 Å². The van der Waals surface area contributed by atoms with Crippen molar-refractivity contribution in [3.8, 4) is 0 Å². The van der Waals surface area contributed by atoms with Crippen molar-refractivity contribution < 1.29 is 17.6 Å². The fraction of sp³-hybridized carbons (Fsp3) is 0.667. The van der Waals surface area contributed by atoms with Gasteiger partial charge in [0.15, 0.2) is 0 Å². The normalized spacial score (nSPS) is 22.4. The lowest BCUT2D eigenvalue weighted by Crippen LogP contribution is -2.47. The van der Waals surface area contributed by atoms with Crippen molar-refractivity contribution in [3.63, 3.8) is 0 Å². The predicted molar refractivity (Wildman–Crippen MR) is 111 cm³/mol. The molecule has 6 nitrogen and oxygen atoms in total. The molecule has 2 aliphatic rings. The van der Waals surface area contributed by atoms with E-state index in [-0.39, 0.29) is 22.9 Å². The fourth-order valence-electron chi connectivity index (χ4n) is 4.24. The Hall–Kier alpha value is -1.67. The number of hydrogen-bond donors (Lipinski definition) is 2. The number of nitrogens with zero attached hydrogens (tertiary/aromatic N) is 1. The molecule has 1 aliphatic carbocycles. The first-order valence-electron chi connectivity index (χ1n) is 10.8. The maximum atomic E-state index is 13.1. The molecule has 0 radical (unpaired) electrons. The molecule has 0 spiro atoms. The number of sulfonamides is 1. The summed E-state index contributed by atoms with van der Waals surface area (Å²) in [5.74, 6) is -0.387. The summed E-state index contributed by atoms with van der Waals surface area (Å²) in [6.07, 6.45) is 9.75. The molecule has 1 heterocycles. The van der Waals surface area contributed by atoms with Crippen molar-refractivity contribution in [1.82, 2.24) is 14.9 Å². The Balaban J connectivity index is 1.49. The third-order valence-corrected chi connectivity index (χ3v) is 7.80. The van der Waals surface area contributed by atoms with Crippen LogP contribution in [0.4, 0.5) is 9.18 Å². The van der Waals surface area contributed by atoms with Crippen LogP contribution in [-0.2, 0) is 10.0 Å². The van der Waals surface area contributed by atoms with Gasteiger partial charge in [0.1, 0.15) is 5.82 Å². The molecule has 3 rings (SSSR count). The summed E-state index contributed by atoms with van der Waals surface area (Å²) in [5.41, 5.74) is 0. The van der Waals surface area contributed by atoms with E-state index in [1.807, 2.05) is 0 Å². The molecule has 1 aliphatic heterocycles. The number of amides is 2. The maximum Gasteiger partial charge on any atom is 0.315 e. The zero-order valence-electron chi connectivity index (χ0n) is 16.9. The SMILES string of the molecule is O=C(NCC1CCCN(S(=O)(=O)c2ccc(F)cc2)C1)NC1CCCCCCC1. The molecule has 1 aromatic carbocycles. The van der Waals surface area contributed by atoms with Crippen molar-refractivity contribution in [2.24, 2.45) is 5.92 Å². The third-order valence-electron chi connectivity index (χ3n) is 5.92. The van der Waals surface area contributed by atoms with Gasteiger partial charge in [-0.3, -0.25) is 0 Å². The van der Waals surface area contributed by atoms with Gasteiger partial charge in [-0.05, 0) is 55.9 Å². The first kappa shape index (κ1) is 22.0. The number of nitrogens with one attached hydrogen (secondary N) is 2. The van der Waals surface area contributed by atoms with Gasteiger partial charge in [0.25, 0.3) is 0 Å². The summed E-state index contributed by atoms with van der Waals surface area (Å²) in [5, 5.41) is 6.02. The van der Waals surface area contributed by atoms with Gasteiger partial charge >= 0.3 is 6.03 Å². The van der Waals surface area contributed by atoms with Crippen LogP contribution in [0.3, 0.4) is 0 Å². The number of carbonyl (C=O) groups is 1. The lowest BCUT2D eigenvalue weighted by atomic mass is 9.97. The molecule has 1 unspecified atom stereocenters. The van der Waals surface area contributed by atoms with E-state index in [2.05, 4.69) is 10.6 Å². The van der Waals surface area contributed by atoms with E-state index in [0.717, 1.165) is 50.7 Å². The maximum absolute atomic E-state index is 13.1. The van der Waals surface area contributed by atoms with Gasteiger partial charge in [0, 0.05) is 25.7 Å². The number of piperidine rings is 1. The molecule has 162 valence electrons. The standard InChI is InChI=1S/C21H32FN3O3S/c22-18-10-12-20(13-11-18)29(27,28)25-14-6-7-17(16-25)15-23-21(26)24-19-8-4-2-1-3-5-9-19/h10-13,17,19H,1-9,14-16H2,(H2,23,24,26). The first-order valence-corrected chi connectivity index (χ1v) is 12.2. The summed E-state index contributed by atoms with van der Waals surface area (Å²) in [6.45, 7) is 1.27. The number of carbonyl (C=O) groups excluding carboxylic acids is 1. The summed E-state index contributed by atoms with van der Waals surface area (Å²) >= 11 is 0. The quantitative estimate of drug-likeness (QED) is 0.756. The Kier molecular flexibility index (Phi) is 7.89. The smallest absolute Gasteiger partial charge is 0.315 e. The molecular formula is C21H32FN3O3S. The Labute approximate surface area is 173 Å². The van der Waals surface area contributed by atoms with Gasteiger partial charge in [-0.15, -0.1) is 0 Å². The van der Waals surface area contributed by atoms with Gasteiger partial charge in [-0.25, -0.2) is 17.6 Å². The van der Waals surface area contributed by atoms with E-state index in [0.29, 0.717) is 19.6 Å². The van der Waals surface area contributed by atoms with Crippen LogP contribution in [0.2, 0.25) is 0 Å². The highest BCUT2D eigenvalue weighted by Crippen LogP contribution is 2.24. The van der Waals surface area contributed by atoms with E-state index in [1.54, 1.807) is 0 Å². The van der Waals surface area contributed by atoms with Gasteiger partial charge in [-0.1, -0.05) is 32.1 Å². The number of urea groups is 1. The largest absolute Gasteiger partial charge is 0.338 e. The first-order chi connectivity index (χ1) is 13.9. The molecule has 1 aromatic rings. The van der Waals surface area contributed by atoms with Crippen LogP contribution in [0.25, 0.3) is 0 Å². The average Bonchev–Trinajstić information content (AvgIpc) is 2.69. The summed E-state index contributed by atoms with van der Waals surface area (Å²) in [7, 11) is -3.64. The van der Waals surface area contributed by atoms with Crippen molar-refractivity contribution in [3.05, 3.63) is 30.1 Å². The molecule has 2 N–H and O–H groups in total. The van der Waals surface area contributed by atoms with E-state index in [1.165, 1.54) is 35.7 Å². The Morgan fingerprint density at radius 2 is 1.66 bits per heavy atom. The monoisotopic (exact) mass is 425 g/mol. The van der Waals surface area contributed by atoms with Crippen LogP contribution < -0.4 is 10.6 Å². The molecule has 1 saturated carbocycles. The minimum Gasteiger partial charge on any atom is -0.338 e. The van der Waals surface area contributed by atoms with Crippen LogP contribution in [0.1, 0.15) is 57.8 Å². The van der Waals surface area contributed by atoms with Gasteiger partial charge < -0.3 is 10.6 Å². The molecule has 1 atom stereocenters. The van der Waals surface area contributed by atoms with Gasteiger partial charge in [0.05, 0.1) is 4.90 Å². The summed E-state index contributed by atoms with van der Waals surface area (Å²) in [6, 6.07) is 5.00. The van der Waals surface area contributed by atoms with E-state index >= 15 is 0 Å². The number of halogens is 1. The number of benzene rings is 1. The molecule has 29 heavy (non-hydrogen) atoms. The topological polar surface area (TPSA) is 78.5 Å².